The number of carbonyl (C=O) groups is 1. The molecule has 2 fully saturated rings. The highest BCUT2D eigenvalue weighted by molar-refractivity contribution is 5.99. The average molecular weight is 411 g/mol. The maximum atomic E-state index is 14.0. The number of benzene rings is 1. The van der Waals surface area contributed by atoms with Crippen LogP contribution in [-0.2, 0) is 20.7 Å². The number of nitrogens with zero attached hydrogens (tertiary/aromatic N) is 2. The lowest BCUT2D eigenvalue weighted by atomic mass is 9.59. The van der Waals surface area contributed by atoms with Crippen molar-refractivity contribution in [3.63, 3.8) is 0 Å². The van der Waals surface area contributed by atoms with Crippen LogP contribution in [0, 0.1) is 34.0 Å². The lowest BCUT2D eigenvalue weighted by Crippen LogP contribution is -2.59. The molecule has 30 heavy (non-hydrogen) atoms. The fourth-order valence-electron chi connectivity index (χ4n) is 6.31. The molecule has 1 spiro atoms. The number of rotatable bonds is 3. The van der Waals surface area contributed by atoms with Crippen LogP contribution in [0.25, 0.3) is 0 Å². The Morgan fingerprint density at radius 2 is 2.00 bits per heavy atom. The maximum absolute atomic E-state index is 14.0. The monoisotopic (exact) mass is 410 g/mol. The summed E-state index contributed by atoms with van der Waals surface area (Å²) in [5.74, 6) is -0.193. The van der Waals surface area contributed by atoms with Crippen LogP contribution < -0.4 is 5.73 Å². The van der Waals surface area contributed by atoms with E-state index in [4.69, 9.17) is 20.6 Å². The van der Waals surface area contributed by atoms with E-state index in [0.29, 0.717) is 30.6 Å². The minimum atomic E-state index is -0.423. The van der Waals surface area contributed by atoms with Gasteiger partial charge in [0, 0.05) is 7.11 Å². The third-order valence-corrected chi connectivity index (χ3v) is 7.32. The number of hydrogen-bond donors (Lipinski definition) is 2. The highest BCUT2D eigenvalue weighted by Crippen LogP contribution is 2.58. The molecule has 7 nitrogen and oxygen atoms in total. The number of fused-ring (bicyclic) bond motifs is 1. The first-order chi connectivity index (χ1) is 14.3. The molecule has 3 unspecified atom stereocenters. The van der Waals surface area contributed by atoms with Crippen LogP contribution in [0.1, 0.15) is 49.3 Å². The third-order valence-electron chi connectivity index (χ3n) is 7.32. The first-order valence-electron chi connectivity index (χ1n) is 10.6. The lowest BCUT2D eigenvalue weighted by Gasteiger charge is -2.49. The first-order valence-corrected chi connectivity index (χ1v) is 10.6. The Bertz CT molecular complexity index is 892. The summed E-state index contributed by atoms with van der Waals surface area (Å²) in [4.78, 5) is 15.4. The smallest absolute Gasteiger partial charge is 0.237 e. The van der Waals surface area contributed by atoms with Crippen LogP contribution in [-0.4, -0.2) is 49.2 Å². The van der Waals surface area contributed by atoms with Gasteiger partial charge in [0.05, 0.1) is 42.9 Å². The Labute approximate surface area is 177 Å². The van der Waals surface area contributed by atoms with Gasteiger partial charge >= 0.3 is 0 Å². The molecule has 7 heteroatoms. The highest BCUT2D eigenvalue weighted by Gasteiger charge is 2.56. The maximum Gasteiger partial charge on any atom is 0.237 e. The SMILES string of the molecule is COC1C(C)CC2(Cc3ccc(C#N)cc3[C@H]2C(=O)N(C(=N)N)C2COC2)C[C@@H]1C. The standard InChI is InChI=1S/C23H30N4O3/c1-13-7-23(8-14(2)20(13)29-3)9-16-5-4-15(10-24)6-18(16)19(23)21(28)27(22(25)26)17-11-30-12-17/h4-6,13-14,17,19-20H,7-9,11-12H2,1-3H3,(H3,25,26)/t13-,14?,19-,20?,23?/m0/s1. The number of hydrogen-bond acceptors (Lipinski definition) is 5. The predicted molar refractivity (Wildman–Crippen MR) is 112 cm³/mol. The topological polar surface area (TPSA) is 112 Å². The van der Waals surface area contributed by atoms with Gasteiger partial charge in [0.25, 0.3) is 0 Å². The number of nitrogens with one attached hydrogen (secondary N) is 1. The number of nitrogens with two attached hydrogens (primary N) is 1. The second kappa shape index (κ2) is 7.68. The summed E-state index contributed by atoms with van der Waals surface area (Å²) in [5.41, 5.74) is 8.20. The van der Waals surface area contributed by atoms with Gasteiger partial charge in [0.15, 0.2) is 5.96 Å². The molecule has 3 aliphatic rings. The Kier molecular flexibility index (Phi) is 5.33. The molecule has 0 aromatic heterocycles. The van der Waals surface area contributed by atoms with Crippen molar-refractivity contribution in [3.8, 4) is 6.07 Å². The summed E-state index contributed by atoms with van der Waals surface area (Å²) in [5, 5.41) is 17.5. The molecule has 1 saturated heterocycles. The molecular formula is C23H30N4O3. The molecule has 5 atom stereocenters. The highest BCUT2D eigenvalue weighted by atomic mass is 16.5. The zero-order valence-electron chi connectivity index (χ0n) is 17.9. The molecule has 1 aromatic carbocycles. The molecule has 2 aliphatic carbocycles. The van der Waals surface area contributed by atoms with Gasteiger partial charge < -0.3 is 15.2 Å². The number of amides is 1. The van der Waals surface area contributed by atoms with Gasteiger partial charge in [0.1, 0.15) is 0 Å². The quantitative estimate of drug-likeness (QED) is 0.587. The Morgan fingerprint density at radius 3 is 2.50 bits per heavy atom. The van der Waals surface area contributed by atoms with Crippen LogP contribution in [0.3, 0.4) is 0 Å². The van der Waals surface area contributed by atoms with Crippen molar-refractivity contribution in [1.29, 1.82) is 10.7 Å². The average Bonchev–Trinajstić information content (AvgIpc) is 2.95. The third kappa shape index (κ3) is 3.19. The van der Waals surface area contributed by atoms with Gasteiger partial charge in [-0.25, -0.2) is 0 Å². The van der Waals surface area contributed by atoms with Gasteiger partial charge in [-0.1, -0.05) is 19.9 Å². The van der Waals surface area contributed by atoms with E-state index in [2.05, 4.69) is 19.9 Å². The number of ether oxygens (including phenoxy) is 2. The normalized spacial score (nSPS) is 32.9. The van der Waals surface area contributed by atoms with E-state index in [1.54, 1.807) is 7.11 Å². The van der Waals surface area contributed by atoms with Crippen molar-refractivity contribution in [3.05, 3.63) is 34.9 Å². The van der Waals surface area contributed by atoms with Crippen LogP contribution in [0.5, 0.6) is 0 Å². The summed E-state index contributed by atoms with van der Waals surface area (Å²) in [7, 11) is 1.76. The Balaban J connectivity index is 1.79. The molecule has 4 rings (SSSR count). The van der Waals surface area contributed by atoms with E-state index in [1.807, 2.05) is 18.2 Å². The van der Waals surface area contributed by atoms with E-state index >= 15 is 0 Å². The predicted octanol–water partition coefficient (Wildman–Crippen LogP) is 2.39. The number of methoxy groups -OCH3 is 1. The van der Waals surface area contributed by atoms with Gasteiger partial charge in [-0.3, -0.25) is 15.1 Å². The second-order valence-corrected chi connectivity index (χ2v) is 9.35. The van der Waals surface area contributed by atoms with Crippen molar-refractivity contribution in [2.75, 3.05) is 20.3 Å². The summed E-state index contributed by atoms with van der Waals surface area (Å²) in [6, 6.07) is 7.69. The number of nitriles is 1. The molecule has 3 N–H and O–H groups in total. The van der Waals surface area contributed by atoms with E-state index in [-0.39, 0.29) is 29.4 Å². The van der Waals surface area contributed by atoms with Gasteiger partial charge in [0.2, 0.25) is 5.91 Å². The van der Waals surface area contributed by atoms with Crippen LogP contribution in [0.15, 0.2) is 18.2 Å². The molecule has 1 amide bonds. The molecule has 0 radical (unpaired) electrons. The fourth-order valence-corrected chi connectivity index (χ4v) is 6.31. The zero-order valence-corrected chi connectivity index (χ0v) is 17.9. The number of carbonyl (C=O) groups excluding carboxylic acids is 1. The molecule has 1 aromatic rings. The van der Waals surface area contributed by atoms with Crippen molar-refractivity contribution in [1.82, 2.24) is 4.90 Å². The Hall–Kier alpha value is -2.43. The van der Waals surface area contributed by atoms with Crippen molar-refractivity contribution < 1.29 is 14.3 Å². The minimum absolute atomic E-state index is 0.139. The van der Waals surface area contributed by atoms with Gasteiger partial charge in [-0.15, -0.1) is 0 Å². The largest absolute Gasteiger partial charge is 0.381 e. The molecular weight excluding hydrogens is 380 g/mol. The first kappa shape index (κ1) is 20.8. The van der Waals surface area contributed by atoms with E-state index in [9.17, 15) is 10.1 Å². The molecule has 1 saturated carbocycles. The molecule has 0 bridgehead atoms. The summed E-state index contributed by atoms with van der Waals surface area (Å²) in [6.45, 7) is 5.18. The van der Waals surface area contributed by atoms with Crippen molar-refractivity contribution >= 4 is 11.9 Å². The van der Waals surface area contributed by atoms with Crippen molar-refractivity contribution in [2.45, 2.75) is 51.2 Å². The fraction of sp³-hybridized carbons (Fsp3) is 0.609. The van der Waals surface area contributed by atoms with Gasteiger partial charge in [-0.05, 0) is 59.8 Å². The summed E-state index contributed by atoms with van der Waals surface area (Å²) in [6.07, 6.45) is 2.67. The van der Waals surface area contributed by atoms with Crippen LogP contribution in [0.2, 0.25) is 0 Å². The minimum Gasteiger partial charge on any atom is -0.381 e. The van der Waals surface area contributed by atoms with Crippen molar-refractivity contribution in [2.24, 2.45) is 23.0 Å². The van der Waals surface area contributed by atoms with E-state index in [1.165, 1.54) is 4.90 Å². The molecule has 1 aliphatic heterocycles. The molecule has 1 heterocycles. The summed E-state index contributed by atoms with van der Waals surface area (Å²) >= 11 is 0. The lowest BCUT2D eigenvalue weighted by molar-refractivity contribution is -0.144. The summed E-state index contributed by atoms with van der Waals surface area (Å²) < 4.78 is 11.0. The second-order valence-electron chi connectivity index (χ2n) is 9.35. The number of guanidine groups is 1. The van der Waals surface area contributed by atoms with E-state index in [0.717, 1.165) is 30.4 Å². The molecule has 160 valence electrons. The van der Waals surface area contributed by atoms with Gasteiger partial charge in [-0.2, -0.15) is 5.26 Å². The zero-order chi connectivity index (χ0) is 21.6. The van der Waals surface area contributed by atoms with Crippen LogP contribution >= 0.6 is 0 Å². The van der Waals surface area contributed by atoms with E-state index < -0.39 is 5.92 Å². The Morgan fingerprint density at radius 1 is 1.33 bits per heavy atom. The van der Waals surface area contributed by atoms with Crippen LogP contribution in [0.4, 0.5) is 0 Å².